The fourth-order valence-electron chi connectivity index (χ4n) is 1.15. The third-order valence-corrected chi connectivity index (χ3v) is 7.05. The molecule has 20 heavy (non-hydrogen) atoms. The van der Waals surface area contributed by atoms with Crippen molar-refractivity contribution < 1.29 is 19.1 Å². The van der Waals surface area contributed by atoms with Crippen LogP contribution in [0.5, 0.6) is 0 Å². The fourth-order valence-corrected chi connectivity index (χ4v) is 3.23. The Bertz CT molecular complexity index is 532. The molecule has 0 aliphatic rings. The van der Waals surface area contributed by atoms with Crippen LogP contribution in [0, 0.1) is 10.7 Å². The van der Waals surface area contributed by atoms with Crippen LogP contribution >= 0.6 is 67.8 Å². The Morgan fingerprint density at radius 3 is 2.10 bits per heavy atom. The molecule has 0 fully saturated rings. The molecule has 0 atom stereocenters. The first-order valence-corrected chi connectivity index (χ1v) is 8.71. The quantitative estimate of drug-likeness (QED) is 0.167. The lowest BCUT2D eigenvalue weighted by atomic mass is 10.2. The van der Waals surface area contributed by atoms with Crippen LogP contribution in [0.3, 0.4) is 0 Å². The van der Waals surface area contributed by atoms with E-state index in [0.717, 1.165) is 10.7 Å². The Morgan fingerprint density at radius 2 is 1.60 bits per heavy atom. The van der Waals surface area contributed by atoms with Gasteiger partial charge in [0.05, 0.1) is 5.56 Å². The number of carbonyl (C=O) groups excluding carboxylic acids is 2. The molecular formula is C13H11I3O4. The maximum absolute atomic E-state index is 11.8. The molecule has 0 heterocycles. The summed E-state index contributed by atoms with van der Waals surface area (Å²) in [5, 5.41) is 0. The molecule has 1 aromatic rings. The van der Waals surface area contributed by atoms with Crippen molar-refractivity contribution >= 4 is 79.7 Å². The van der Waals surface area contributed by atoms with Gasteiger partial charge in [0.25, 0.3) is 0 Å². The molecule has 0 spiro atoms. The molecule has 0 aromatic heterocycles. The molecule has 0 aliphatic carbocycles. The van der Waals surface area contributed by atoms with E-state index in [4.69, 9.17) is 9.47 Å². The van der Waals surface area contributed by atoms with Gasteiger partial charge in [-0.2, -0.15) is 0 Å². The van der Waals surface area contributed by atoms with Gasteiger partial charge in [-0.3, -0.25) is 0 Å². The summed E-state index contributed by atoms with van der Waals surface area (Å²) in [5.74, 6) is -0.914. The average Bonchev–Trinajstić information content (AvgIpc) is 2.39. The Balaban J connectivity index is 2.52. The van der Waals surface area contributed by atoms with Gasteiger partial charge < -0.3 is 9.47 Å². The summed E-state index contributed by atoms with van der Waals surface area (Å²) in [6.07, 6.45) is 0. The van der Waals surface area contributed by atoms with E-state index in [-0.39, 0.29) is 13.2 Å². The van der Waals surface area contributed by atoms with Crippen molar-refractivity contribution in [2.45, 2.75) is 6.92 Å². The highest BCUT2D eigenvalue weighted by atomic mass is 127. The van der Waals surface area contributed by atoms with Crippen LogP contribution in [0.15, 0.2) is 24.3 Å². The number of hydrogen-bond acceptors (Lipinski definition) is 4. The predicted octanol–water partition coefficient (Wildman–Crippen LogP) is 3.78. The van der Waals surface area contributed by atoms with Crippen LogP contribution in [-0.2, 0) is 14.3 Å². The molecule has 0 aliphatic heterocycles. The van der Waals surface area contributed by atoms with E-state index in [2.05, 4.69) is 74.4 Å². The van der Waals surface area contributed by atoms with Crippen LogP contribution in [0.2, 0.25) is 0 Å². The zero-order chi connectivity index (χ0) is 15.3. The van der Waals surface area contributed by atoms with Crippen LogP contribution < -0.4 is 0 Å². The number of halogens is 3. The van der Waals surface area contributed by atoms with Crippen molar-refractivity contribution in [2.75, 3.05) is 13.2 Å². The lowest BCUT2D eigenvalue weighted by Gasteiger charge is -2.08. The van der Waals surface area contributed by atoms with Crippen LogP contribution in [0.1, 0.15) is 17.3 Å². The predicted molar refractivity (Wildman–Crippen MR) is 101 cm³/mol. The lowest BCUT2D eigenvalue weighted by Crippen LogP contribution is -2.14. The zero-order valence-electron chi connectivity index (χ0n) is 10.5. The maximum atomic E-state index is 11.8. The van der Waals surface area contributed by atoms with Crippen LogP contribution in [-0.4, -0.2) is 25.2 Å². The standard InChI is InChI=1S/C13H11I3O4/c1-7(2)12(17)19-3-4-20-13(18)8-5-9(14)11(16)10(15)6-8/h5-6H,1,3-4H2,2H3. The molecule has 4 nitrogen and oxygen atoms in total. The second-order valence-electron chi connectivity index (χ2n) is 3.81. The van der Waals surface area contributed by atoms with Crippen molar-refractivity contribution in [1.82, 2.24) is 0 Å². The zero-order valence-corrected chi connectivity index (χ0v) is 17.0. The van der Waals surface area contributed by atoms with Gasteiger partial charge >= 0.3 is 11.9 Å². The van der Waals surface area contributed by atoms with E-state index in [1.165, 1.54) is 0 Å². The minimum absolute atomic E-state index is 0.0238. The summed E-state index contributed by atoms with van der Waals surface area (Å²) in [5.41, 5.74) is 0.809. The summed E-state index contributed by atoms with van der Waals surface area (Å²) < 4.78 is 13.0. The van der Waals surface area contributed by atoms with E-state index in [1.54, 1.807) is 19.1 Å². The molecule has 1 aromatic carbocycles. The van der Waals surface area contributed by atoms with Crippen molar-refractivity contribution in [3.05, 3.63) is 40.6 Å². The third kappa shape index (κ3) is 5.47. The normalized spacial score (nSPS) is 10.0. The Kier molecular flexibility index (Phi) is 7.72. The third-order valence-electron chi connectivity index (χ3n) is 2.12. The molecule has 108 valence electrons. The van der Waals surface area contributed by atoms with E-state index < -0.39 is 11.9 Å². The van der Waals surface area contributed by atoms with Crippen molar-refractivity contribution in [1.29, 1.82) is 0 Å². The smallest absolute Gasteiger partial charge is 0.338 e. The van der Waals surface area contributed by atoms with E-state index in [0.29, 0.717) is 11.1 Å². The van der Waals surface area contributed by atoms with Gasteiger partial charge in [-0.05, 0) is 86.8 Å². The lowest BCUT2D eigenvalue weighted by molar-refractivity contribution is -0.140. The van der Waals surface area contributed by atoms with Gasteiger partial charge in [0.1, 0.15) is 13.2 Å². The molecule has 0 bridgehead atoms. The molecule has 0 radical (unpaired) electrons. The largest absolute Gasteiger partial charge is 0.459 e. The molecule has 0 unspecified atom stereocenters. The molecule has 0 amide bonds. The minimum atomic E-state index is -0.487. The maximum Gasteiger partial charge on any atom is 0.338 e. The van der Waals surface area contributed by atoms with Crippen molar-refractivity contribution in [3.63, 3.8) is 0 Å². The molecular weight excluding hydrogens is 601 g/mol. The van der Waals surface area contributed by atoms with Gasteiger partial charge in [-0.15, -0.1) is 0 Å². The van der Waals surface area contributed by atoms with E-state index in [1.807, 2.05) is 0 Å². The summed E-state index contributed by atoms with van der Waals surface area (Å²) >= 11 is 6.57. The van der Waals surface area contributed by atoms with Gasteiger partial charge in [-0.25, -0.2) is 9.59 Å². The molecule has 0 saturated carbocycles. The van der Waals surface area contributed by atoms with Crippen LogP contribution in [0.25, 0.3) is 0 Å². The highest BCUT2D eigenvalue weighted by Gasteiger charge is 2.12. The number of rotatable bonds is 5. The Labute approximate surface area is 158 Å². The van der Waals surface area contributed by atoms with E-state index >= 15 is 0 Å². The summed E-state index contributed by atoms with van der Waals surface area (Å²) in [4.78, 5) is 23.0. The Morgan fingerprint density at radius 1 is 1.10 bits per heavy atom. The number of esters is 2. The monoisotopic (exact) mass is 612 g/mol. The van der Waals surface area contributed by atoms with Gasteiger partial charge in [0, 0.05) is 16.3 Å². The number of hydrogen-bond donors (Lipinski definition) is 0. The van der Waals surface area contributed by atoms with Gasteiger partial charge in [-0.1, -0.05) is 6.58 Å². The van der Waals surface area contributed by atoms with E-state index in [9.17, 15) is 9.59 Å². The summed E-state index contributed by atoms with van der Waals surface area (Å²) in [6.45, 7) is 5.07. The molecule has 0 saturated heterocycles. The second kappa shape index (κ2) is 8.51. The number of ether oxygens (including phenoxy) is 2. The highest BCUT2D eigenvalue weighted by Crippen LogP contribution is 2.23. The first-order valence-electron chi connectivity index (χ1n) is 5.47. The van der Waals surface area contributed by atoms with Crippen LogP contribution in [0.4, 0.5) is 0 Å². The molecule has 0 N–H and O–H groups in total. The minimum Gasteiger partial charge on any atom is -0.459 e. The van der Waals surface area contributed by atoms with Crippen molar-refractivity contribution in [3.8, 4) is 0 Å². The first kappa shape index (κ1) is 18.1. The summed E-state index contributed by atoms with van der Waals surface area (Å²) in [6, 6.07) is 3.54. The molecule has 1 rings (SSSR count). The summed E-state index contributed by atoms with van der Waals surface area (Å²) in [7, 11) is 0. The SMILES string of the molecule is C=C(C)C(=O)OCCOC(=O)c1cc(I)c(I)c(I)c1. The van der Waals surface area contributed by atoms with Crippen molar-refractivity contribution in [2.24, 2.45) is 0 Å². The highest BCUT2D eigenvalue weighted by molar-refractivity contribution is 14.1. The van der Waals surface area contributed by atoms with Gasteiger partial charge in [0.2, 0.25) is 0 Å². The molecule has 7 heteroatoms. The topological polar surface area (TPSA) is 52.6 Å². The first-order chi connectivity index (χ1) is 9.32. The van der Waals surface area contributed by atoms with Gasteiger partial charge in [0.15, 0.2) is 0 Å². The second-order valence-corrected chi connectivity index (χ2v) is 7.21. The fraction of sp³-hybridized carbons (Fsp3) is 0.231. The Hall–Kier alpha value is 0.0900. The number of carbonyl (C=O) groups is 2. The number of benzene rings is 1. The average molecular weight is 612 g/mol.